The van der Waals surface area contributed by atoms with E-state index in [9.17, 15) is 14.0 Å². The molecule has 0 aliphatic rings. The second kappa shape index (κ2) is 9.33. The predicted molar refractivity (Wildman–Crippen MR) is 106 cm³/mol. The Morgan fingerprint density at radius 3 is 2.66 bits per heavy atom. The van der Waals surface area contributed by atoms with Crippen LogP contribution in [-0.4, -0.2) is 27.6 Å². The summed E-state index contributed by atoms with van der Waals surface area (Å²) in [5.41, 5.74) is 0.883. The Hall–Kier alpha value is -3.20. The lowest BCUT2D eigenvalue weighted by Gasteiger charge is -2.11. The molecular formula is C20H18FN3O4S. The molecule has 0 spiro atoms. The zero-order valence-corrected chi connectivity index (χ0v) is 16.5. The van der Waals surface area contributed by atoms with Crippen LogP contribution in [0.4, 0.5) is 10.1 Å². The van der Waals surface area contributed by atoms with E-state index in [4.69, 9.17) is 9.15 Å². The summed E-state index contributed by atoms with van der Waals surface area (Å²) in [4.78, 5) is 23.8. The summed E-state index contributed by atoms with van der Waals surface area (Å²) >= 11 is 1.04. The predicted octanol–water partition coefficient (Wildman–Crippen LogP) is 4.28. The Kier molecular flexibility index (Phi) is 6.61. The molecule has 29 heavy (non-hydrogen) atoms. The van der Waals surface area contributed by atoms with E-state index in [2.05, 4.69) is 15.5 Å². The van der Waals surface area contributed by atoms with Gasteiger partial charge in [-0.1, -0.05) is 36.0 Å². The summed E-state index contributed by atoms with van der Waals surface area (Å²) in [6.45, 7) is 3.09. The Morgan fingerprint density at radius 2 is 1.90 bits per heavy atom. The lowest BCUT2D eigenvalue weighted by molar-refractivity contribution is -0.113. The highest BCUT2D eigenvalue weighted by Crippen LogP contribution is 2.25. The van der Waals surface area contributed by atoms with Gasteiger partial charge in [0.05, 0.1) is 11.4 Å². The summed E-state index contributed by atoms with van der Waals surface area (Å²) in [7, 11) is 0. The number of hydrogen-bond acceptors (Lipinski definition) is 7. The van der Waals surface area contributed by atoms with Gasteiger partial charge in [0, 0.05) is 5.56 Å². The lowest BCUT2D eigenvalue weighted by atomic mass is 10.1. The lowest BCUT2D eigenvalue weighted by Crippen LogP contribution is -2.16. The van der Waals surface area contributed by atoms with Gasteiger partial charge in [0.2, 0.25) is 5.91 Å². The SMILES string of the molecule is CC(=O)c1ccccc1NC(=O)CSc1nnc([C@@H](C)Oc2ccccc2F)o1. The number of benzene rings is 2. The summed E-state index contributed by atoms with van der Waals surface area (Å²) in [5, 5.41) is 10.6. The molecule has 2 aromatic carbocycles. The van der Waals surface area contributed by atoms with Crippen LogP contribution in [0, 0.1) is 5.82 Å². The summed E-state index contributed by atoms with van der Waals surface area (Å²) < 4.78 is 24.6. The Morgan fingerprint density at radius 1 is 1.17 bits per heavy atom. The maximum Gasteiger partial charge on any atom is 0.277 e. The van der Waals surface area contributed by atoms with Gasteiger partial charge >= 0.3 is 0 Å². The number of ketones is 1. The number of halogens is 1. The van der Waals surface area contributed by atoms with Gasteiger partial charge in [-0.2, -0.15) is 0 Å². The molecule has 150 valence electrons. The zero-order valence-electron chi connectivity index (χ0n) is 15.7. The third-order valence-corrected chi connectivity index (χ3v) is 4.64. The quantitative estimate of drug-likeness (QED) is 0.433. The largest absolute Gasteiger partial charge is 0.478 e. The smallest absolute Gasteiger partial charge is 0.277 e. The minimum absolute atomic E-state index is 0.0103. The van der Waals surface area contributed by atoms with Crippen molar-refractivity contribution in [3.8, 4) is 5.75 Å². The van der Waals surface area contributed by atoms with E-state index in [0.29, 0.717) is 11.3 Å². The van der Waals surface area contributed by atoms with Crippen LogP contribution in [-0.2, 0) is 4.79 Å². The van der Waals surface area contributed by atoms with E-state index in [1.54, 1.807) is 43.3 Å². The molecule has 1 N–H and O–H groups in total. The Labute approximate surface area is 170 Å². The fourth-order valence-corrected chi connectivity index (χ4v) is 3.01. The van der Waals surface area contributed by atoms with Crippen molar-refractivity contribution >= 4 is 29.1 Å². The number of amides is 1. The van der Waals surface area contributed by atoms with Gasteiger partial charge in [0.15, 0.2) is 23.5 Å². The van der Waals surface area contributed by atoms with Gasteiger partial charge in [-0.3, -0.25) is 9.59 Å². The van der Waals surface area contributed by atoms with Crippen LogP contribution in [0.2, 0.25) is 0 Å². The van der Waals surface area contributed by atoms with Crippen molar-refractivity contribution in [1.82, 2.24) is 10.2 Å². The van der Waals surface area contributed by atoms with Crippen molar-refractivity contribution in [3.63, 3.8) is 0 Å². The first-order chi connectivity index (χ1) is 13.9. The molecule has 7 nitrogen and oxygen atoms in total. The number of thioether (sulfide) groups is 1. The van der Waals surface area contributed by atoms with Crippen LogP contribution < -0.4 is 10.1 Å². The van der Waals surface area contributed by atoms with Crippen molar-refractivity contribution in [3.05, 3.63) is 65.8 Å². The van der Waals surface area contributed by atoms with Crippen molar-refractivity contribution in [1.29, 1.82) is 0 Å². The number of aromatic nitrogens is 2. The third-order valence-electron chi connectivity index (χ3n) is 3.82. The molecule has 0 bridgehead atoms. The van der Waals surface area contributed by atoms with Crippen LogP contribution >= 0.6 is 11.8 Å². The number of nitrogens with one attached hydrogen (secondary N) is 1. The molecular weight excluding hydrogens is 397 g/mol. The molecule has 3 aromatic rings. The van der Waals surface area contributed by atoms with Gasteiger partial charge in [-0.05, 0) is 38.1 Å². The van der Waals surface area contributed by atoms with Crippen LogP contribution in [0.1, 0.15) is 36.2 Å². The Balaban J connectivity index is 1.56. The zero-order chi connectivity index (χ0) is 20.8. The normalized spacial score (nSPS) is 11.7. The van der Waals surface area contributed by atoms with Gasteiger partial charge in [-0.15, -0.1) is 10.2 Å². The van der Waals surface area contributed by atoms with Crippen molar-refractivity contribution in [2.75, 3.05) is 11.1 Å². The average molecular weight is 415 g/mol. The molecule has 0 aliphatic heterocycles. The maximum absolute atomic E-state index is 13.7. The van der Waals surface area contributed by atoms with E-state index in [0.717, 1.165) is 11.8 Å². The van der Waals surface area contributed by atoms with E-state index < -0.39 is 11.9 Å². The van der Waals surface area contributed by atoms with Crippen molar-refractivity contribution < 1.29 is 23.1 Å². The molecule has 0 unspecified atom stereocenters. The second-order valence-electron chi connectivity index (χ2n) is 6.04. The molecule has 1 heterocycles. The van der Waals surface area contributed by atoms with Crippen LogP contribution in [0.5, 0.6) is 5.75 Å². The molecule has 0 aliphatic carbocycles. The number of nitrogens with zero attached hydrogens (tertiary/aromatic N) is 2. The molecule has 0 saturated carbocycles. The molecule has 1 atom stereocenters. The van der Waals surface area contributed by atoms with Crippen LogP contribution in [0.15, 0.2) is 58.2 Å². The molecule has 1 aromatic heterocycles. The van der Waals surface area contributed by atoms with E-state index in [-0.39, 0.29) is 34.3 Å². The second-order valence-corrected chi connectivity index (χ2v) is 6.96. The number of Topliss-reactive ketones (excluding diaryl/α,β-unsaturated/α-hetero) is 1. The first-order valence-electron chi connectivity index (χ1n) is 8.71. The minimum Gasteiger partial charge on any atom is -0.478 e. The highest BCUT2D eigenvalue weighted by molar-refractivity contribution is 7.99. The Bertz CT molecular complexity index is 1020. The van der Waals surface area contributed by atoms with E-state index >= 15 is 0 Å². The average Bonchev–Trinajstić information content (AvgIpc) is 3.18. The highest BCUT2D eigenvalue weighted by Gasteiger charge is 2.18. The number of hydrogen-bond donors (Lipinski definition) is 1. The number of carbonyl (C=O) groups excluding carboxylic acids is 2. The third kappa shape index (κ3) is 5.41. The first-order valence-corrected chi connectivity index (χ1v) is 9.70. The fraction of sp³-hybridized carbons (Fsp3) is 0.200. The monoisotopic (exact) mass is 415 g/mol. The van der Waals surface area contributed by atoms with Crippen LogP contribution in [0.25, 0.3) is 0 Å². The summed E-state index contributed by atoms with van der Waals surface area (Å²) in [6.07, 6.45) is -0.662. The van der Waals surface area contributed by atoms with E-state index in [1.807, 2.05) is 0 Å². The first kappa shape index (κ1) is 20.5. The number of carbonyl (C=O) groups is 2. The van der Waals surface area contributed by atoms with Gasteiger partial charge < -0.3 is 14.5 Å². The molecule has 0 saturated heterocycles. The minimum atomic E-state index is -0.662. The number of rotatable bonds is 8. The number of ether oxygens (including phenoxy) is 1. The molecule has 9 heteroatoms. The molecule has 3 rings (SSSR count). The summed E-state index contributed by atoms with van der Waals surface area (Å²) in [5.74, 6) is -0.695. The van der Waals surface area contributed by atoms with Gasteiger partial charge in [-0.25, -0.2) is 4.39 Å². The van der Waals surface area contributed by atoms with E-state index in [1.165, 1.54) is 19.1 Å². The molecule has 1 amide bonds. The topological polar surface area (TPSA) is 94.3 Å². The fourth-order valence-electron chi connectivity index (χ4n) is 2.44. The molecule has 0 radical (unpaired) electrons. The number of anilines is 1. The van der Waals surface area contributed by atoms with Crippen molar-refractivity contribution in [2.24, 2.45) is 0 Å². The number of para-hydroxylation sites is 2. The molecule has 0 fully saturated rings. The maximum atomic E-state index is 13.7. The highest BCUT2D eigenvalue weighted by atomic mass is 32.2. The van der Waals surface area contributed by atoms with Crippen molar-refractivity contribution in [2.45, 2.75) is 25.2 Å². The van der Waals surface area contributed by atoms with Crippen LogP contribution in [0.3, 0.4) is 0 Å². The van der Waals surface area contributed by atoms with Gasteiger partial charge in [0.1, 0.15) is 0 Å². The van der Waals surface area contributed by atoms with Gasteiger partial charge in [0.25, 0.3) is 11.1 Å². The standard InChI is InChI=1S/C20H18FN3O4S/c1-12(25)14-7-3-5-9-16(14)22-18(26)11-29-20-24-23-19(28-20)13(2)27-17-10-6-4-8-15(17)21/h3-10,13H,11H2,1-2H3,(H,22,26)/t13-/m1/s1. The summed E-state index contributed by atoms with van der Waals surface area (Å²) in [6, 6.07) is 12.8.